The van der Waals surface area contributed by atoms with E-state index >= 15 is 0 Å². The molecule has 0 radical (unpaired) electrons. The number of hydrogen-bond donors (Lipinski definition) is 0. The average molecular weight is 940 g/mol. The number of unbranched alkanes of at least 4 members (excludes halogenated alkanes) is 36. The Kier molecular flexibility index (Phi) is 28.0. The number of hydrogen-bond acceptors (Lipinski definition) is 2. The van der Waals surface area contributed by atoms with Crippen LogP contribution in [-0.4, -0.2) is 0 Å². The van der Waals surface area contributed by atoms with Gasteiger partial charge in [-0.2, -0.15) is 0 Å². The Bertz CT molecular complexity index is 1480. The summed E-state index contributed by atoms with van der Waals surface area (Å²) in [7, 11) is 0. The molecule has 0 saturated heterocycles. The monoisotopic (exact) mass is 939 g/mol. The fourth-order valence-corrected chi connectivity index (χ4v) is 15.1. The first-order chi connectivity index (χ1) is 32.7. The summed E-state index contributed by atoms with van der Waals surface area (Å²) in [5, 5.41) is 4.95. The predicted molar refractivity (Wildman–Crippen MR) is 300 cm³/mol. The average Bonchev–Trinajstić information content (AvgIpc) is 4.12. The zero-order valence-corrected chi connectivity index (χ0v) is 46.0. The first-order valence-electron chi connectivity index (χ1n) is 30.0. The zero-order valence-electron chi connectivity index (χ0n) is 44.4. The van der Waals surface area contributed by atoms with Crippen LogP contribution in [0.3, 0.4) is 0 Å². The van der Waals surface area contributed by atoms with Crippen molar-refractivity contribution in [2.24, 2.45) is 0 Å². The van der Waals surface area contributed by atoms with Crippen LogP contribution in [0, 0.1) is 0 Å². The number of rotatable bonds is 44. The van der Waals surface area contributed by atoms with Crippen molar-refractivity contribution in [3.63, 3.8) is 0 Å². The molecule has 0 fully saturated rings. The Morgan fingerprint density at radius 1 is 0.273 bits per heavy atom. The van der Waals surface area contributed by atoms with Crippen molar-refractivity contribution in [1.29, 1.82) is 0 Å². The molecule has 2 heterocycles. The van der Waals surface area contributed by atoms with Crippen LogP contribution in [0.5, 0.6) is 0 Å². The molecule has 1 aromatic carbocycles. The maximum absolute atomic E-state index is 2.86. The van der Waals surface area contributed by atoms with E-state index in [1.807, 2.05) is 0 Å². The third-order valence-electron chi connectivity index (χ3n) is 16.8. The largest absolute Gasteiger partial charge is 0.147 e. The lowest BCUT2D eigenvalue weighted by atomic mass is 9.71. The summed E-state index contributed by atoms with van der Waals surface area (Å²) in [6.45, 7) is 9.35. The molecule has 0 spiro atoms. The van der Waals surface area contributed by atoms with Crippen LogP contribution >= 0.6 is 22.7 Å². The number of benzene rings is 1. The summed E-state index contributed by atoms with van der Waals surface area (Å²) in [4.78, 5) is 3.49. The van der Waals surface area contributed by atoms with Gasteiger partial charge in [0.1, 0.15) is 0 Å². The smallest absolute Gasteiger partial charge is 0.0309 e. The van der Waals surface area contributed by atoms with E-state index in [1.165, 1.54) is 283 Å². The molecule has 0 amide bonds. The molecule has 0 atom stereocenters. The molecule has 0 N–H and O–H groups in total. The lowest BCUT2D eigenvalue weighted by Crippen LogP contribution is -2.26. The summed E-state index contributed by atoms with van der Waals surface area (Å²) < 4.78 is 0. The van der Waals surface area contributed by atoms with Crippen LogP contribution in [0.4, 0.5) is 0 Å². The first kappa shape index (κ1) is 55.5. The molecule has 0 bridgehead atoms. The third-order valence-corrected chi connectivity index (χ3v) is 19.0. The van der Waals surface area contributed by atoms with Crippen LogP contribution in [0.2, 0.25) is 0 Å². The molecule has 5 rings (SSSR count). The molecule has 3 aromatic rings. The molecule has 66 heavy (non-hydrogen) atoms. The van der Waals surface area contributed by atoms with Crippen molar-refractivity contribution in [2.75, 3.05) is 0 Å². The van der Waals surface area contributed by atoms with Gasteiger partial charge in [0.2, 0.25) is 0 Å². The molecule has 0 unspecified atom stereocenters. The van der Waals surface area contributed by atoms with E-state index in [0.29, 0.717) is 0 Å². The van der Waals surface area contributed by atoms with Gasteiger partial charge in [0, 0.05) is 20.6 Å². The van der Waals surface area contributed by atoms with Gasteiger partial charge in [-0.15, -0.1) is 22.7 Å². The summed E-state index contributed by atoms with van der Waals surface area (Å²) in [5.74, 6) is 0. The second kappa shape index (κ2) is 33.2. The van der Waals surface area contributed by atoms with Gasteiger partial charge in [0.05, 0.1) is 0 Å². The molecular weight excluding hydrogens is 833 g/mol. The summed E-state index contributed by atoms with van der Waals surface area (Å²) >= 11 is 4.24. The Morgan fingerprint density at radius 3 is 0.712 bits per heavy atom. The molecular formula is C64H106S2. The highest BCUT2D eigenvalue weighted by molar-refractivity contribution is 7.11. The molecule has 2 aromatic heterocycles. The minimum absolute atomic E-state index is 0.197. The van der Waals surface area contributed by atoms with Crippen LogP contribution in [0.15, 0.2) is 35.0 Å². The molecule has 2 heteroatoms. The lowest BCUT2D eigenvalue weighted by molar-refractivity contribution is 0.398. The van der Waals surface area contributed by atoms with Crippen molar-refractivity contribution in [2.45, 2.75) is 321 Å². The molecule has 0 saturated carbocycles. The van der Waals surface area contributed by atoms with Gasteiger partial charge in [0.15, 0.2) is 0 Å². The van der Waals surface area contributed by atoms with Gasteiger partial charge >= 0.3 is 0 Å². The Labute approximate surface area is 419 Å². The quantitative estimate of drug-likeness (QED) is 0.0496. The van der Waals surface area contributed by atoms with Crippen molar-refractivity contribution in [3.05, 3.63) is 55.9 Å². The van der Waals surface area contributed by atoms with Gasteiger partial charge in [-0.25, -0.2) is 0 Å². The van der Waals surface area contributed by atoms with E-state index in [4.69, 9.17) is 0 Å². The van der Waals surface area contributed by atoms with Crippen LogP contribution in [0.25, 0.3) is 22.3 Å². The Morgan fingerprint density at radius 2 is 0.485 bits per heavy atom. The number of fused-ring (bicyclic) bond motifs is 6. The normalized spacial score (nSPS) is 14.2. The van der Waals surface area contributed by atoms with Gasteiger partial charge < -0.3 is 0 Å². The van der Waals surface area contributed by atoms with Gasteiger partial charge in [-0.1, -0.05) is 285 Å². The summed E-state index contributed by atoms with van der Waals surface area (Å²) in [5.41, 5.74) is 10.4. The maximum atomic E-state index is 2.86. The molecule has 0 nitrogen and oxygen atoms in total. The first-order valence-corrected chi connectivity index (χ1v) is 31.8. The second-order valence-electron chi connectivity index (χ2n) is 22.2. The minimum atomic E-state index is 0.197. The van der Waals surface area contributed by atoms with Crippen LogP contribution in [-0.2, 0) is 10.8 Å². The van der Waals surface area contributed by atoms with E-state index in [9.17, 15) is 0 Å². The highest BCUT2D eigenvalue weighted by atomic mass is 32.1. The van der Waals surface area contributed by atoms with Crippen molar-refractivity contribution in [1.82, 2.24) is 0 Å². The lowest BCUT2D eigenvalue weighted by Gasteiger charge is -2.34. The summed E-state index contributed by atoms with van der Waals surface area (Å²) in [6.07, 6.45) is 62.2. The van der Waals surface area contributed by atoms with Crippen molar-refractivity contribution < 1.29 is 0 Å². The van der Waals surface area contributed by atoms with E-state index in [2.05, 4.69) is 85.4 Å². The minimum Gasteiger partial charge on any atom is -0.147 e. The standard InChI is InChI=1S/C64H106S2/c1-5-9-13-17-21-25-29-33-37-41-47-63(48-42-38-34-30-26-22-18-14-10-6-2)59-53-58-56-46-52-66-62(56)64(49-43-39-35-31-27-23-19-15-11-7-3,50-44-40-36-32-28-24-20-16-12-8-4)60(58)54-57(59)55-45-51-65-61(55)63/h45-46,51-54H,5-44,47-50H2,1-4H3. The van der Waals surface area contributed by atoms with E-state index in [0.717, 1.165) is 0 Å². The fourth-order valence-electron chi connectivity index (χ4n) is 12.8. The molecule has 374 valence electrons. The van der Waals surface area contributed by atoms with Gasteiger partial charge in [-0.3, -0.25) is 0 Å². The second-order valence-corrected chi connectivity index (χ2v) is 24.0. The van der Waals surface area contributed by atoms with Crippen LogP contribution in [0.1, 0.15) is 331 Å². The van der Waals surface area contributed by atoms with Crippen molar-refractivity contribution in [3.8, 4) is 22.3 Å². The van der Waals surface area contributed by atoms with E-state index in [-0.39, 0.29) is 10.8 Å². The van der Waals surface area contributed by atoms with Gasteiger partial charge in [0.25, 0.3) is 0 Å². The van der Waals surface area contributed by atoms with E-state index < -0.39 is 0 Å². The highest BCUT2D eigenvalue weighted by Gasteiger charge is 2.48. The topological polar surface area (TPSA) is 0 Å². The summed E-state index contributed by atoms with van der Waals surface area (Å²) in [6, 6.07) is 10.8. The Balaban J connectivity index is 1.34. The van der Waals surface area contributed by atoms with Gasteiger partial charge in [-0.05, 0) is 94.1 Å². The SMILES string of the molecule is CCCCCCCCCCCCC1(CCCCCCCCCCCC)c2cc3c(cc2-c2ccsc21)C(CCCCCCCCCCCC)(CCCCCCCCCCCC)c1sccc1-3. The van der Waals surface area contributed by atoms with Crippen LogP contribution < -0.4 is 0 Å². The molecule has 2 aliphatic rings. The predicted octanol–water partition coefficient (Wildman–Crippen LogP) is 23.6. The van der Waals surface area contributed by atoms with Crippen molar-refractivity contribution >= 4 is 22.7 Å². The zero-order chi connectivity index (χ0) is 46.4. The Hall–Kier alpha value is -1.38. The van der Waals surface area contributed by atoms with E-state index in [1.54, 1.807) is 43.1 Å². The molecule has 0 aliphatic heterocycles. The highest BCUT2D eigenvalue weighted by Crippen LogP contribution is 2.62. The molecule has 2 aliphatic carbocycles. The third kappa shape index (κ3) is 16.9. The number of thiophene rings is 2. The fraction of sp³-hybridized carbons (Fsp3) is 0.781. The maximum Gasteiger partial charge on any atom is 0.0309 e.